The molecule has 1 fully saturated rings. The van der Waals surface area contributed by atoms with Gasteiger partial charge in [-0.1, -0.05) is 44.2 Å². The second-order valence-electron chi connectivity index (χ2n) is 8.91. The predicted octanol–water partition coefficient (Wildman–Crippen LogP) is 2.73. The molecule has 1 heterocycles. The van der Waals surface area contributed by atoms with Crippen molar-refractivity contribution in [3.63, 3.8) is 0 Å². The highest BCUT2D eigenvalue weighted by Crippen LogP contribution is 2.24. The molecule has 2 amide bonds. The highest BCUT2D eigenvalue weighted by molar-refractivity contribution is 7.89. The lowest BCUT2D eigenvalue weighted by Crippen LogP contribution is -2.53. The summed E-state index contributed by atoms with van der Waals surface area (Å²) in [5, 5.41) is 5.72. The largest absolute Gasteiger partial charge is 0.354 e. The van der Waals surface area contributed by atoms with Crippen molar-refractivity contribution in [1.82, 2.24) is 14.9 Å². The molecule has 34 heavy (non-hydrogen) atoms. The Bertz CT molecular complexity index is 1080. The van der Waals surface area contributed by atoms with Crippen LogP contribution in [-0.4, -0.2) is 50.2 Å². The molecule has 2 aromatic carbocycles. The van der Waals surface area contributed by atoms with Crippen LogP contribution in [0.25, 0.3) is 0 Å². The van der Waals surface area contributed by atoms with E-state index < -0.39 is 27.8 Å². The summed E-state index contributed by atoms with van der Waals surface area (Å²) in [5.74, 6) is -1.82. The van der Waals surface area contributed by atoms with Crippen LogP contribution in [0.4, 0.5) is 4.39 Å². The standard InChI is InChI=1S/C25H32FN3O4S/c1-18(2)23(25(31)27-15-14-19-7-4-3-5-8-19)28-24(30)20-9-6-16-29(17-20)34(32,33)22-12-10-21(26)11-13-22/h3-5,7-8,10-13,18,20,23H,6,9,14-17H2,1-2H3,(H,27,31)(H,28,30)/t20?,23-/m0/s1. The van der Waals surface area contributed by atoms with Gasteiger partial charge >= 0.3 is 0 Å². The van der Waals surface area contributed by atoms with Gasteiger partial charge in [-0.3, -0.25) is 9.59 Å². The molecule has 7 nitrogen and oxygen atoms in total. The first kappa shape index (κ1) is 25.8. The molecule has 3 rings (SSSR count). The van der Waals surface area contributed by atoms with Crippen LogP contribution in [0, 0.1) is 17.7 Å². The van der Waals surface area contributed by atoms with Crippen molar-refractivity contribution in [3.8, 4) is 0 Å². The van der Waals surface area contributed by atoms with Gasteiger partial charge in [0.05, 0.1) is 10.8 Å². The number of nitrogens with zero attached hydrogens (tertiary/aromatic N) is 1. The number of halogens is 1. The molecule has 1 unspecified atom stereocenters. The number of carbonyl (C=O) groups excluding carboxylic acids is 2. The van der Waals surface area contributed by atoms with Gasteiger partial charge in [0, 0.05) is 19.6 Å². The number of piperidine rings is 1. The number of hydrogen-bond acceptors (Lipinski definition) is 4. The number of nitrogens with one attached hydrogen (secondary N) is 2. The molecule has 0 aromatic heterocycles. The van der Waals surface area contributed by atoms with Crippen LogP contribution in [0.1, 0.15) is 32.3 Å². The minimum absolute atomic E-state index is 0.00666. The normalized spacial score (nSPS) is 17.8. The van der Waals surface area contributed by atoms with E-state index in [1.807, 2.05) is 44.2 Å². The maximum atomic E-state index is 13.2. The van der Waals surface area contributed by atoms with Crippen LogP contribution >= 0.6 is 0 Å². The molecule has 0 bridgehead atoms. The number of benzene rings is 2. The summed E-state index contributed by atoms with van der Waals surface area (Å²) >= 11 is 0. The van der Waals surface area contributed by atoms with Crippen LogP contribution < -0.4 is 10.6 Å². The van der Waals surface area contributed by atoms with Gasteiger partial charge in [-0.2, -0.15) is 4.31 Å². The molecular weight excluding hydrogens is 457 g/mol. The quantitative estimate of drug-likeness (QED) is 0.566. The Kier molecular flexibility index (Phi) is 8.79. The molecule has 2 aromatic rings. The van der Waals surface area contributed by atoms with Crippen molar-refractivity contribution in [2.75, 3.05) is 19.6 Å². The molecular formula is C25H32FN3O4S. The topological polar surface area (TPSA) is 95.6 Å². The number of carbonyl (C=O) groups is 2. The summed E-state index contributed by atoms with van der Waals surface area (Å²) in [5.41, 5.74) is 1.11. The first-order valence-corrected chi connectivity index (χ1v) is 13.0. The molecule has 1 aliphatic heterocycles. The fraction of sp³-hybridized carbons (Fsp3) is 0.440. The third-order valence-corrected chi connectivity index (χ3v) is 7.89. The van der Waals surface area contributed by atoms with Crippen LogP contribution in [0.3, 0.4) is 0 Å². The summed E-state index contributed by atoms with van der Waals surface area (Å²) in [6, 6.07) is 13.7. The maximum absolute atomic E-state index is 13.2. The van der Waals surface area contributed by atoms with Crippen molar-refractivity contribution in [3.05, 3.63) is 66.0 Å². The Hall–Kier alpha value is -2.78. The minimum atomic E-state index is -3.84. The summed E-state index contributed by atoms with van der Waals surface area (Å²) in [6.07, 6.45) is 1.74. The zero-order valence-electron chi connectivity index (χ0n) is 19.5. The van der Waals surface area contributed by atoms with E-state index in [4.69, 9.17) is 0 Å². The van der Waals surface area contributed by atoms with Crippen molar-refractivity contribution < 1.29 is 22.4 Å². The summed E-state index contributed by atoms with van der Waals surface area (Å²) in [4.78, 5) is 25.8. The average Bonchev–Trinajstić information content (AvgIpc) is 2.83. The van der Waals surface area contributed by atoms with E-state index >= 15 is 0 Å². The van der Waals surface area contributed by atoms with Gasteiger partial charge in [-0.25, -0.2) is 12.8 Å². The zero-order chi connectivity index (χ0) is 24.7. The maximum Gasteiger partial charge on any atom is 0.243 e. The fourth-order valence-corrected chi connectivity index (χ4v) is 5.54. The number of sulfonamides is 1. The van der Waals surface area contributed by atoms with Gasteiger partial charge in [0.15, 0.2) is 0 Å². The minimum Gasteiger partial charge on any atom is -0.354 e. The van der Waals surface area contributed by atoms with Crippen molar-refractivity contribution in [2.24, 2.45) is 11.8 Å². The van der Waals surface area contributed by atoms with E-state index in [0.717, 1.165) is 17.7 Å². The van der Waals surface area contributed by atoms with Gasteiger partial charge < -0.3 is 10.6 Å². The van der Waals surface area contributed by atoms with Crippen molar-refractivity contribution in [1.29, 1.82) is 0 Å². The second-order valence-corrected chi connectivity index (χ2v) is 10.9. The zero-order valence-corrected chi connectivity index (χ0v) is 20.4. The molecule has 0 aliphatic carbocycles. The third-order valence-electron chi connectivity index (χ3n) is 6.01. The molecule has 184 valence electrons. The number of amides is 2. The average molecular weight is 490 g/mol. The highest BCUT2D eigenvalue weighted by Gasteiger charge is 2.35. The van der Waals surface area contributed by atoms with Gasteiger partial charge in [-0.05, 0) is 55.0 Å². The summed E-state index contributed by atoms with van der Waals surface area (Å²) < 4.78 is 40.4. The molecule has 0 saturated carbocycles. The van der Waals surface area contributed by atoms with Crippen LogP contribution in [0.5, 0.6) is 0 Å². The van der Waals surface area contributed by atoms with Crippen LogP contribution in [0.2, 0.25) is 0 Å². The third kappa shape index (κ3) is 6.64. The Labute approximate surface area is 200 Å². The van der Waals surface area contributed by atoms with Gasteiger partial charge in [0.1, 0.15) is 11.9 Å². The molecule has 2 N–H and O–H groups in total. The molecule has 1 aliphatic rings. The molecule has 0 radical (unpaired) electrons. The Balaban J connectivity index is 1.59. The number of rotatable bonds is 9. The lowest BCUT2D eigenvalue weighted by atomic mass is 9.96. The van der Waals surface area contributed by atoms with E-state index in [0.29, 0.717) is 25.8 Å². The van der Waals surface area contributed by atoms with Crippen LogP contribution in [-0.2, 0) is 26.0 Å². The van der Waals surface area contributed by atoms with E-state index in [-0.39, 0.29) is 35.7 Å². The monoisotopic (exact) mass is 489 g/mol. The SMILES string of the molecule is CC(C)[C@H](NC(=O)C1CCCN(S(=O)(=O)c2ccc(F)cc2)C1)C(=O)NCCc1ccccc1. The van der Waals surface area contributed by atoms with E-state index in [1.54, 1.807) is 0 Å². The van der Waals surface area contributed by atoms with Crippen LogP contribution in [0.15, 0.2) is 59.5 Å². The molecule has 0 spiro atoms. The molecule has 9 heteroatoms. The predicted molar refractivity (Wildman–Crippen MR) is 128 cm³/mol. The smallest absolute Gasteiger partial charge is 0.243 e. The summed E-state index contributed by atoms with van der Waals surface area (Å²) in [7, 11) is -3.84. The summed E-state index contributed by atoms with van der Waals surface area (Å²) in [6.45, 7) is 4.47. The van der Waals surface area contributed by atoms with Gasteiger partial charge in [0.2, 0.25) is 21.8 Å². The Morgan fingerprint density at radius 3 is 2.41 bits per heavy atom. The lowest BCUT2D eigenvalue weighted by molar-refractivity contribution is -0.132. The molecule has 2 atom stereocenters. The highest BCUT2D eigenvalue weighted by atomic mass is 32.2. The first-order valence-electron chi connectivity index (χ1n) is 11.6. The fourth-order valence-electron chi connectivity index (χ4n) is 4.02. The number of hydrogen-bond donors (Lipinski definition) is 2. The van der Waals surface area contributed by atoms with Crippen molar-refractivity contribution >= 4 is 21.8 Å². The lowest BCUT2D eigenvalue weighted by Gasteiger charge is -2.32. The Morgan fingerprint density at radius 1 is 1.09 bits per heavy atom. The van der Waals surface area contributed by atoms with E-state index in [1.165, 1.54) is 16.4 Å². The first-order chi connectivity index (χ1) is 16.2. The van der Waals surface area contributed by atoms with E-state index in [2.05, 4.69) is 10.6 Å². The van der Waals surface area contributed by atoms with E-state index in [9.17, 15) is 22.4 Å². The Morgan fingerprint density at radius 2 is 1.76 bits per heavy atom. The second kappa shape index (κ2) is 11.6. The van der Waals surface area contributed by atoms with Gasteiger partial charge in [-0.15, -0.1) is 0 Å². The van der Waals surface area contributed by atoms with Gasteiger partial charge in [0.25, 0.3) is 0 Å². The van der Waals surface area contributed by atoms with Crippen molar-refractivity contribution in [2.45, 2.75) is 44.0 Å². The molecule has 1 saturated heterocycles.